The Morgan fingerprint density at radius 2 is 2.10 bits per heavy atom. The molecule has 2 N–H and O–H groups in total. The molecule has 0 bridgehead atoms. The highest BCUT2D eigenvalue weighted by Crippen LogP contribution is 1.98. The van der Waals surface area contributed by atoms with Crippen LogP contribution in [-0.4, -0.2) is 10.2 Å². The predicted octanol–water partition coefficient (Wildman–Crippen LogP) is 2.47. The van der Waals surface area contributed by atoms with Crippen LogP contribution >= 0.6 is 0 Å². The maximum Gasteiger partial charge on any atom is 0.156 e. The summed E-state index contributed by atoms with van der Waals surface area (Å²) in [5.74, 6) is -0.495. The average Bonchev–Trinajstić information content (AvgIpc) is 1.88. The van der Waals surface area contributed by atoms with Crippen molar-refractivity contribution in [2.45, 2.75) is 13.3 Å². The maximum atomic E-state index is 8.81. The van der Waals surface area contributed by atoms with Gasteiger partial charge in [0.05, 0.1) is 0 Å². The standard InChI is InChI=1S/C8H12O2/c1-3-4-5-6-8(10)7(2)9/h4-6,9-10H,2-3H2,1H3. The van der Waals surface area contributed by atoms with E-state index in [1.807, 2.05) is 13.0 Å². The molecule has 0 aliphatic rings. The van der Waals surface area contributed by atoms with Crippen molar-refractivity contribution in [2.24, 2.45) is 0 Å². The van der Waals surface area contributed by atoms with E-state index in [0.717, 1.165) is 6.42 Å². The summed E-state index contributed by atoms with van der Waals surface area (Å²) >= 11 is 0. The lowest BCUT2D eigenvalue weighted by atomic mass is 10.3. The molecule has 0 amide bonds. The first-order valence-corrected chi connectivity index (χ1v) is 3.12. The molecule has 2 heteroatoms. The fourth-order valence-corrected chi connectivity index (χ4v) is 0.391. The highest BCUT2D eigenvalue weighted by molar-refractivity contribution is 5.19. The summed E-state index contributed by atoms with van der Waals surface area (Å²) < 4.78 is 0. The van der Waals surface area contributed by atoms with E-state index in [9.17, 15) is 0 Å². The van der Waals surface area contributed by atoms with Gasteiger partial charge in [-0.3, -0.25) is 0 Å². The van der Waals surface area contributed by atoms with Gasteiger partial charge in [0.2, 0.25) is 0 Å². The molecular formula is C8H12O2. The van der Waals surface area contributed by atoms with Crippen LogP contribution < -0.4 is 0 Å². The largest absolute Gasteiger partial charge is 0.505 e. The molecule has 0 radical (unpaired) electrons. The van der Waals surface area contributed by atoms with E-state index in [2.05, 4.69) is 6.58 Å². The smallest absolute Gasteiger partial charge is 0.156 e. The average molecular weight is 140 g/mol. The molecule has 0 saturated carbocycles. The number of hydrogen-bond acceptors (Lipinski definition) is 2. The van der Waals surface area contributed by atoms with Crippen LogP contribution in [0, 0.1) is 0 Å². The van der Waals surface area contributed by atoms with E-state index < -0.39 is 0 Å². The van der Waals surface area contributed by atoms with Gasteiger partial charge in [-0.05, 0) is 12.5 Å². The van der Waals surface area contributed by atoms with Gasteiger partial charge in [-0.25, -0.2) is 0 Å². The van der Waals surface area contributed by atoms with Crippen LogP contribution in [0.3, 0.4) is 0 Å². The summed E-state index contributed by atoms with van der Waals surface area (Å²) in [7, 11) is 0. The maximum absolute atomic E-state index is 8.81. The summed E-state index contributed by atoms with van der Waals surface area (Å²) in [5.41, 5.74) is 0. The Morgan fingerprint density at radius 1 is 1.50 bits per heavy atom. The summed E-state index contributed by atoms with van der Waals surface area (Å²) in [6.45, 7) is 5.12. The lowest BCUT2D eigenvalue weighted by molar-refractivity contribution is 0.328. The minimum atomic E-state index is -0.305. The fraction of sp³-hybridized carbons (Fsp3) is 0.250. The molecule has 56 valence electrons. The molecule has 0 spiro atoms. The van der Waals surface area contributed by atoms with E-state index in [1.54, 1.807) is 6.08 Å². The van der Waals surface area contributed by atoms with Crippen molar-refractivity contribution in [3.63, 3.8) is 0 Å². The Kier molecular flexibility index (Phi) is 4.12. The second kappa shape index (κ2) is 4.68. The van der Waals surface area contributed by atoms with Crippen LogP contribution in [0.15, 0.2) is 36.3 Å². The minimum Gasteiger partial charge on any atom is -0.505 e. The van der Waals surface area contributed by atoms with Gasteiger partial charge in [0.15, 0.2) is 5.76 Å². The Bertz CT molecular complexity index is 166. The van der Waals surface area contributed by atoms with Crippen molar-refractivity contribution in [1.82, 2.24) is 0 Å². The van der Waals surface area contributed by atoms with Crippen molar-refractivity contribution >= 4 is 0 Å². The van der Waals surface area contributed by atoms with Crippen LogP contribution in [0.5, 0.6) is 0 Å². The third kappa shape index (κ3) is 3.78. The first-order valence-electron chi connectivity index (χ1n) is 3.12. The zero-order chi connectivity index (χ0) is 7.98. The molecule has 2 nitrogen and oxygen atoms in total. The Morgan fingerprint density at radius 3 is 2.50 bits per heavy atom. The third-order valence-electron chi connectivity index (χ3n) is 0.922. The molecular weight excluding hydrogens is 128 g/mol. The summed E-state index contributed by atoms with van der Waals surface area (Å²) in [5, 5.41) is 17.4. The molecule has 0 fully saturated rings. The van der Waals surface area contributed by atoms with Crippen molar-refractivity contribution in [3.05, 3.63) is 36.3 Å². The molecule has 0 aromatic rings. The number of hydrogen-bond donors (Lipinski definition) is 2. The van der Waals surface area contributed by atoms with Crippen molar-refractivity contribution in [2.75, 3.05) is 0 Å². The zero-order valence-electron chi connectivity index (χ0n) is 6.04. The van der Waals surface area contributed by atoms with Crippen LogP contribution in [0.2, 0.25) is 0 Å². The van der Waals surface area contributed by atoms with Gasteiger partial charge < -0.3 is 10.2 Å². The topological polar surface area (TPSA) is 40.5 Å². The Hall–Kier alpha value is -1.18. The van der Waals surface area contributed by atoms with E-state index in [-0.39, 0.29) is 11.5 Å². The molecule has 0 saturated heterocycles. The molecule has 0 aliphatic heterocycles. The zero-order valence-corrected chi connectivity index (χ0v) is 6.04. The number of aliphatic hydroxyl groups is 2. The fourth-order valence-electron chi connectivity index (χ4n) is 0.391. The number of rotatable bonds is 3. The van der Waals surface area contributed by atoms with E-state index in [0.29, 0.717) is 0 Å². The highest BCUT2D eigenvalue weighted by atomic mass is 16.3. The lowest BCUT2D eigenvalue weighted by Gasteiger charge is -1.91. The van der Waals surface area contributed by atoms with Gasteiger partial charge >= 0.3 is 0 Å². The molecule has 0 unspecified atom stereocenters. The summed E-state index contributed by atoms with van der Waals surface area (Å²) in [6.07, 6.45) is 5.82. The van der Waals surface area contributed by atoms with Crippen LogP contribution in [0.25, 0.3) is 0 Å². The van der Waals surface area contributed by atoms with E-state index >= 15 is 0 Å². The first kappa shape index (κ1) is 8.82. The van der Waals surface area contributed by atoms with Crippen LogP contribution in [0.1, 0.15) is 13.3 Å². The highest BCUT2D eigenvalue weighted by Gasteiger charge is 1.90. The van der Waals surface area contributed by atoms with Gasteiger partial charge in [0, 0.05) is 0 Å². The normalized spacial score (nSPS) is 12.3. The predicted molar refractivity (Wildman–Crippen MR) is 41.9 cm³/mol. The summed E-state index contributed by atoms with van der Waals surface area (Å²) in [4.78, 5) is 0. The van der Waals surface area contributed by atoms with Gasteiger partial charge in [-0.2, -0.15) is 0 Å². The molecule has 0 rings (SSSR count). The number of allylic oxidation sites excluding steroid dienone is 3. The third-order valence-corrected chi connectivity index (χ3v) is 0.922. The van der Waals surface area contributed by atoms with Gasteiger partial charge in [-0.1, -0.05) is 25.7 Å². The monoisotopic (exact) mass is 140 g/mol. The molecule has 0 aliphatic carbocycles. The first-order chi connectivity index (χ1) is 4.68. The van der Waals surface area contributed by atoms with Crippen LogP contribution in [0.4, 0.5) is 0 Å². The Balaban J connectivity index is 3.92. The quantitative estimate of drug-likeness (QED) is 0.467. The second-order valence-corrected chi connectivity index (χ2v) is 1.84. The van der Waals surface area contributed by atoms with E-state index in [4.69, 9.17) is 10.2 Å². The lowest BCUT2D eigenvalue weighted by Crippen LogP contribution is -1.81. The van der Waals surface area contributed by atoms with Crippen LogP contribution in [-0.2, 0) is 0 Å². The SMILES string of the molecule is C=C(O)C(O)=CC=CCC. The molecule has 0 heterocycles. The van der Waals surface area contributed by atoms with E-state index in [1.165, 1.54) is 6.08 Å². The second-order valence-electron chi connectivity index (χ2n) is 1.84. The van der Waals surface area contributed by atoms with Gasteiger partial charge in [0.1, 0.15) is 5.76 Å². The van der Waals surface area contributed by atoms with Crippen molar-refractivity contribution < 1.29 is 10.2 Å². The summed E-state index contributed by atoms with van der Waals surface area (Å²) in [6, 6.07) is 0. The number of aliphatic hydroxyl groups excluding tert-OH is 2. The van der Waals surface area contributed by atoms with Crippen molar-refractivity contribution in [3.8, 4) is 0 Å². The molecule has 0 aromatic heterocycles. The molecule has 0 aromatic carbocycles. The van der Waals surface area contributed by atoms with Gasteiger partial charge in [-0.15, -0.1) is 0 Å². The van der Waals surface area contributed by atoms with Gasteiger partial charge in [0.25, 0.3) is 0 Å². The molecule has 0 atom stereocenters. The minimum absolute atomic E-state index is 0.190. The van der Waals surface area contributed by atoms with Crippen molar-refractivity contribution in [1.29, 1.82) is 0 Å². The molecule has 10 heavy (non-hydrogen) atoms. The Labute approximate surface area is 60.8 Å².